The van der Waals surface area contributed by atoms with Crippen LogP contribution >= 0.6 is 0 Å². The number of carbonyl (C=O) groups excluding carboxylic acids is 1. The molecule has 1 rings (SSSR count). The van der Waals surface area contributed by atoms with Crippen LogP contribution in [-0.2, 0) is 4.74 Å². The number of hydrogen-bond acceptors (Lipinski definition) is 4. The van der Waals surface area contributed by atoms with Crippen molar-refractivity contribution in [2.45, 2.75) is 34.1 Å². The lowest BCUT2D eigenvalue weighted by Crippen LogP contribution is -2.16. The largest absolute Gasteiger partial charge is 0.462 e. The van der Waals surface area contributed by atoms with Crippen molar-refractivity contribution in [3.8, 4) is 0 Å². The summed E-state index contributed by atoms with van der Waals surface area (Å²) in [7, 11) is 0. The molecule has 0 aromatic carbocycles. The third kappa shape index (κ3) is 4.73. The van der Waals surface area contributed by atoms with Crippen LogP contribution in [0.3, 0.4) is 0 Å². The van der Waals surface area contributed by atoms with Crippen molar-refractivity contribution in [2.24, 2.45) is 5.41 Å². The van der Waals surface area contributed by atoms with Crippen LogP contribution in [0.25, 0.3) is 0 Å². The van der Waals surface area contributed by atoms with E-state index < -0.39 is 0 Å². The second-order valence-electron chi connectivity index (χ2n) is 5.36. The predicted octanol–water partition coefficient (Wildman–Crippen LogP) is 3.11. The van der Waals surface area contributed by atoms with E-state index in [2.05, 4.69) is 31.1 Å². The van der Waals surface area contributed by atoms with Gasteiger partial charge in [-0.15, -0.1) is 0 Å². The maximum Gasteiger partial charge on any atom is 0.341 e. The molecule has 0 aliphatic heterocycles. The lowest BCUT2D eigenvalue weighted by molar-refractivity contribution is 0.0527. The summed E-state index contributed by atoms with van der Waals surface area (Å²) >= 11 is 0. The Morgan fingerprint density at radius 3 is 2.78 bits per heavy atom. The van der Waals surface area contributed by atoms with Crippen LogP contribution in [0.15, 0.2) is 18.3 Å². The van der Waals surface area contributed by atoms with Crippen LogP contribution in [0.1, 0.15) is 44.5 Å². The first-order valence-electron chi connectivity index (χ1n) is 6.30. The lowest BCUT2D eigenvalue weighted by Gasteiger charge is -2.18. The molecular weight excluding hydrogens is 228 g/mol. The summed E-state index contributed by atoms with van der Waals surface area (Å²) < 4.78 is 5.00. The Morgan fingerprint density at radius 2 is 2.17 bits per heavy atom. The summed E-state index contributed by atoms with van der Waals surface area (Å²) in [4.78, 5) is 15.9. The summed E-state index contributed by atoms with van der Waals surface area (Å²) in [5, 5.41) is 3.20. The molecule has 4 nitrogen and oxygen atoms in total. The minimum atomic E-state index is -0.330. The van der Waals surface area contributed by atoms with E-state index in [1.165, 1.54) is 0 Å². The van der Waals surface area contributed by atoms with E-state index in [1.807, 2.05) is 0 Å². The highest BCUT2D eigenvalue weighted by Gasteiger charge is 2.14. The van der Waals surface area contributed by atoms with Gasteiger partial charge in [0, 0.05) is 12.7 Å². The van der Waals surface area contributed by atoms with Crippen LogP contribution in [0.4, 0.5) is 5.82 Å². The third-order valence-corrected chi connectivity index (χ3v) is 2.47. The first-order chi connectivity index (χ1) is 8.44. The smallest absolute Gasteiger partial charge is 0.341 e. The molecule has 0 fully saturated rings. The molecule has 0 bridgehead atoms. The average Bonchev–Trinajstić information content (AvgIpc) is 2.28. The number of rotatable bonds is 5. The summed E-state index contributed by atoms with van der Waals surface area (Å²) in [5.74, 6) is 0.268. The Kier molecular flexibility index (Phi) is 5.13. The highest BCUT2D eigenvalue weighted by Crippen LogP contribution is 2.19. The van der Waals surface area contributed by atoms with Gasteiger partial charge in [0.15, 0.2) is 0 Å². The van der Waals surface area contributed by atoms with Crippen molar-refractivity contribution in [1.82, 2.24) is 4.98 Å². The Morgan fingerprint density at radius 1 is 1.44 bits per heavy atom. The van der Waals surface area contributed by atoms with Crippen molar-refractivity contribution >= 4 is 11.8 Å². The quantitative estimate of drug-likeness (QED) is 0.816. The van der Waals surface area contributed by atoms with Gasteiger partial charge in [-0.2, -0.15) is 0 Å². The Bertz CT molecular complexity index is 397. The SMILES string of the molecule is CCOC(=O)c1cccnc1NCCC(C)(C)C. The maximum atomic E-state index is 11.7. The molecule has 4 heteroatoms. The van der Waals surface area contributed by atoms with Gasteiger partial charge in [0.2, 0.25) is 0 Å². The van der Waals surface area contributed by atoms with E-state index in [1.54, 1.807) is 25.3 Å². The topological polar surface area (TPSA) is 51.2 Å². The van der Waals surface area contributed by atoms with Gasteiger partial charge in [0.05, 0.1) is 6.61 Å². The molecule has 1 aromatic heterocycles. The summed E-state index contributed by atoms with van der Waals surface area (Å²) in [6.07, 6.45) is 2.67. The van der Waals surface area contributed by atoms with Gasteiger partial charge in [-0.3, -0.25) is 0 Å². The molecule has 0 unspecified atom stereocenters. The zero-order valence-electron chi connectivity index (χ0n) is 11.6. The highest BCUT2D eigenvalue weighted by molar-refractivity contribution is 5.94. The van der Waals surface area contributed by atoms with Gasteiger partial charge < -0.3 is 10.1 Å². The van der Waals surface area contributed by atoms with E-state index >= 15 is 0 Å². The van der Waals surface area contributed by atoms with Crippen molar-refractivity contribution in [3.63, 3.8) is 0 Å². The van der Waals surface area contributed by atoms with Crippen molar-refractivity contribution in [2.75, 3.05) is 18.5 Å². The number of hydrogen-bond donors (Lipinski definition) is 1. The van der Waals surface area contributed by atoms with Gasteiger partial charge in [-0.25, -0.2) is 9.78 Å². The molecule has 1 aromatic rings. The van der Waals surface area contributed by atoms with Gasteiger partial charge in [0.1, 0.15) is 11.4 Å². The molecule has 0 saturated carbocycles. The van der Waals surface area contributed by atoms with E-state index in [-0.39, 0.29) is 11.4 Å². The van der Waals surface area contributed by atoms with Crippen LogP contribution in [0.5, 0.6) is 0 Å². The molecule has 0 aliphatic rings. The molecule has 1 N–H and O–H groups in total. The van der Waals surface area contributed by atoms with Crippen LogP contribution in [0, 0.1) is 5.41 Å². The second-order valence-corrected chi connectivity index (χ2v) is 5.36. The molecule has 0 atom stereocenters. The average molecular weight is 250 g/mol. The number of ether oxygens (including phenoxy) is 1. The normalized spacial score (nSPS) is 11.1. The van der Waals surface area contributed by atoms with E-state index in [4.69, 9.17) is 4.74 Å². The number of nitrogens with one attached hydrogen (secondary N) is 1. The highest BCUT2D eigenvalue weighted by atomic mass is 16.5. The standard InChI is InChI=1S/C14H22N2O2/c1-5-18-13(17)11-7-6-9-15-12(11)16-10-8-14(2,3)4/h6-7,9H,5,8,10H2,1-4H3,(H,15,16). The first kappa shape index (κ1) is 14.5. The summed E-state index contributed by atoms with van der Waals surface area (Å²) in [5.41, 5.74) is 0.750. The van der Waals surface area contributed by atoms with Crippen molar-refractivity contribution in [1.29, 1.82) is 0 Å². The molecule has 0 saturated heterocycles. The second kappa shape index (κ2) is 6.38. The fraction of sp³-hybridized carbons (Fsp3) is 0.571. The van der Waals surface area contributed by atoms with E-state index in [0.29, 0.717) is 18.0 Å². The maximum absolute atomic E-state index is 11.7. The molecule has 100 valence electrons. The molecule has 0 radical (unpaired) electrons. The van der Waals surface area contributed by atoms with Crippen LogP contribution < -0.4 is 5.32 Å². The molecule has 0 amide bonds. The molecule has 0 spiro atoms. The van der Waals surface area contributed by atoms with Gasteiger partial charge in [-0.05, 0) is 30.9 Å². The summed E-state index contributed by atoms with van der Waals surface area (Å²) in [6, 6.07) is 3.46. The zero-order chi connectivity index (χ0) is 13.6. The monoisotopic (exact) mass is 250 g/mol. The molecule has 18 heavy (non-hydrogen) atoms. The van der Waals surface area contributed by atoms with Crippen LogP contribution in [0.2, 0.25) is 0 Å². The predicted molar refractivity (Wildman–Crippen MR) is 72.8 cm³/mol. The number of anilines is 1. The van der Waals surface area contributed by atoms with Gasteiger partial charge >= 0.3 is 5.97 Å². The number of aromatic nitrogens is 1. The molecular formula is C14H22N2O2. The van der Waals surface area contributed by atoms with E-state index in [0.717, 1.165) is 13.0 Å². The Balaban J connectivity index is 2.68. The zero-order valence-corrected chi connectivity index (χ0v) is 11.6. The lowest BCUT2D eigenvalue weighted by atomic mass is 9.92. The van der Waals surface area contributed by atoms with E-state index in [9.17, 15) is 4.79 Å². The molecule has 1 heterocycles. The summed E-state index contributed by atoms with van der Waals surface area (Å²) in [6.45, 7) is 9.49. The third-order valence-electron chi connectivity index (χ3n) is 2.47. The Labute approximate surface area is 109 Å². The fourth-order valence-electron chi connectivity index (χ4n) is 1.48. The molecule has 0 aliphatic carbocycles. The minimum Gasteiger partial charge on any atom is -0.462 e. The van der Waals surface area contributed by atoms with Crippen LogP contribution in [-0.4, -0.2) is 24.1 Å². The number of carbonyl (C=O) groups is 1. The number of pyridine rings is 1. The van der Waals surface area contributed by atoms with Gasteiger partial charge in [-0.1, -0.05) is 20.8 Å². The van der Waals surface area contributed by atoms with Crippen molar-refractivity contribution in [3.05, 3.63) is 23.9 Å². The van der Waals surface area contributed by atoms with Crippen molar-refractivity contribution < 1.29 is 9.53 Å². The fourth-order valence-corrected chi connectivity index (χ4v) is 1.48. The number of esters is 1. The minimum absolute atomic E-state index is 0.256. The van der Waals surface area contributed by atoms with Gasteiger partial charge in [0.25, 0.3) is 0 Å². The Hall–Kier alpha value is -1.58. The number of nitrogens with zero attached hydrogens (tertiary/aromatic N) is 1. The first-order valence-corrected chi connectivity index (χ1v) is 6.30.